The Balaban J connectivity index is 2.18. The van der Waals surface area contributed by atoms with E-state index in [0.717, 1.165) is 12.5 Å². The second kappa shape index (κ2) is 5.30. The standard InChI is InChI=1S/C13H21NOS/c1-4-14-12(11-7-8-16-9(11)2)13(15-3)10-5-6-10/h7-8,10,12-14H,4-6H2,1-3H3. The summed E-state index contributed by atoms with van der Waals surface area (Å²) in [7, 11) is 1.84. The molecule has 0 radical (unpaired) electrons. The van der Waals surface area contributed by atoms with E-state index in [1.54, 1.807) is 0 Å². The lowest BCUT2D eigenvalue weighted by molar-refractivity contribution is 0.0511. The van der Waals surface area contributed by atoms with Crippen LogP contribution in [0.4, 0.5) is 0 Å². The molecule has 0 spiro atoms. The molecule has 1 fully saturated rings. The SMILES string of the molecule is CCNC(c1ccsc1C)C(OC)C1CC1. The van der Waals surface area contributed by atoms with Crippen molar-refractivity contribution in [1.29, 1.82) is 0 Å². The zero-order valence-corrected chi connectivity index (χ0v) is 11.1. The van der Waals surface area contributed by atoms with Crippen molar-refractivity contribution in [1.82, 2.24) is 5.32 Å². The first kappa shape index (κ1) is 12.1. The van der Waals surface area contributed by atoms with E-state index in [9.17, 15) is 0 Å². The van der Waals surface area contributed by atoms with Crippen LogP contribution in [0.5, 0.6) is 0 Å². The summed E-state index contributed by atoms with van der Waals surface area (Å²) in [6, 6.07) is 2.61. The van der Waals surface area contributed by atoms with Crippen LogP contribution in [-0.4, -0.2) is 19.8 Å². The van der Waals surface area contributed by atoms with Crippen molar-refractivity contribution < 1.29 is 4.74 Å². The molecule has 1 aromatic rings. The van der Waals surface area contributed by atoms with E-state index in [0.29, 0.717) is 12.1 Å². The molecule has 2 nitrogen and oxygen atoms in total. The molecular weight excluding hydrogens is 218 g/mol. The van der Waals surface area contributed by atoms with E-state index in [4.69, 9.17) is 4.74 Å². The van der Waals surface area contributed by atoms with Crippen molar-refractivity contribution in [3.63, 3.8) is 0 Å². The van der Waals surface area contributed by atoms with E-state index < -0.39 is 0 Å². The highest BCUT2D eigenvalue weighted by Gasteiger charge is 2.37. The fourth-order valence-corrected chi connectivity index (χ4v) is 3.12. The van der Waals surface area contributed by atoms with E-state index in [1.165, 1.54) is 23.3 Å². The van der Waals surface area contributed by atoms with Crippen LogP contribution < -0.4 is 5.32 Å². The van der Waals surface area contributed by atoms with Gasteiger partial charge < -0.3 is 10.1 Å². The van der Waals surface area contributed by atoms with E-state index in [2.05, 4.69) is 30.6 Å². The molecule has 90 valence electrons. The largest absolute Gasteiger partial charge is 0.379 e. The Hall–Kier alpha value is -0.380. The minimum Gasteiger partial charge on any atom is -0.379 e. The van der Waals surface area contributed by atoms with Gasteiger partial charge in [0.25, 0.3) is 0 Å². The molecule has 2 atom stereocenters. The maximum Gasteiger partial charge on any atom is 0.0794 e. The van der Waals surface area contributed by atoms with E-state index in [1.807, 2.05) is 18.4 Å². The third-order valence-electron chi connectivity index (χ3n) is 3.35. The van der Waals surface area contributed by atoms with Crippen LogP contribution >= 0.6 is 11.3 Å². The summed E-state index contributed by atoms with van der Waals surface area (Å²) >= 11 is 1.82. The van der Waals surface area contributed by atoms with Gasteiger partial charge in [0.05, 0.1) is 12.1 Å². The van der Waals surface area contributed by atoms with Crippen LogP contribution in [0, 0.1) is 12.8 Å². The van der Waals surface area contributed by atoms with Crippen molar-refractivity contribution in [2.75, 3.05) is 13.7 Å². The highest BCUT2D eigenvalue weighted by molar-refractivity contribution is 7.10. The quantitative estimate of drug-likeness (QED) is 0.823. The van der Waals surface area contributed by atoms with Gasteiger partial charge in [0.15, 0.2) is 0 Å². The van der Waals surface area contributed by atoms with E-state index in [-0.39, 0.29) is 0 Å². The summed E-state index contributed by atoms with van der Waals surface area (Å²) in [6.07, 6.45) is 2.99. The lowest BCUT2D eigenvalue weighted by atomic mass is 9.98. The summed E-state index contributed by atoms with van der Waals surface area (Å²) in [5.74, 6) is 0.758. The minimum atomic E-state index is 0.341. The third-order valence-corrected chi connectivity index (χ3v) is 4.21. The van der Waals surface area contributed by atoms with Crippen LogP contribution in [0.3, 0.4) is 0 Å². The molecule has 0 aromatic carbocycles. The molecule has 0 saturated heterocycles. The molecule has 16 heavy (non-hydrogen) atoms. The average molecular weight is 239 g/mol. The highest BCUT2D eigenvalue weighted by Crippen LogP contribution is 2.40. The molecule has 3 heteroatoms. The Morgan fingerprint density at radius 3 is 2.75 bits per heavy atom. The molecule has 1 N–H and O–H groups in total. The van der Waals surface area contributed by atoms with Crippen molar-refractivity contribution in [3.8, 4) is 0 Å². The van der Waals surface area contributed by atoms with E-state index >= 15 is 0 Å². The Kier molecular flexibility index (Phi) is 4.00. The number of ether oxygens (including phenoxy) is 1. The van der Waals surface area contributed by atoms with Gasteiger partial charge >= 0.3 is 0 Å². The van der Waals surface area contributed by atoms with Crippen LogP contribution in [0.1, 0.15) is 36.2 Å². The van der Waals surface area contributed by atoms with Gasteiger partial charge in [-0.15, -0.1) is 11.3 Å². The maximum absolute atomic E-state index is 5.71. The number of methoxy groups -OCH3 is 1. The Labute approximate surface area is 102 Å². The number of aryl methyl sites for hydroxylation is 1. The fourth-order valence-electron chi connectivity index (χ4n) is 2.37. The predicted molar refractivity (Wildman–Crippen MR) is 69.0 cm³/mol. The number of rotatable bonds is 6. The monoisotopic (exact) mass is 239 g/mol. The molecule has 0 bridgehead atoms. The molecule has 1 aromatic heterocycles. The van der Waals surface area contributed by atoms with Gasteiger partial charge in [-0.1, -0.05) is 6.92 Å². The van der Waals surface area contributed by atoms with Crippen molar-refractivity contribution in [2.45, 2.75) is 38.8 Å². The minimum absolute atomic E-state index is 0.341. The lowest BCUT2D eigenvalue weighted by Gasteiger charge is -2.27. The average Bonchev–Trinajstić information content (AvgIpc) is 3.01. The summed E-state index contributed by atoms with van der Waals surface area (Å²) in [4.78, 5) is 1.41. The van der Waals surface area contributed by atoms with Crippen molar-refractivity contribution >= 4 is 11.3 Å². The molecule has 1 heterocycles. The molecule has 2 rings (SSSR count). The second-order valence-electron chi connectivity index (χ2n) is 4.51. The predicted octanol–water partition coefficient (Wildman–Crippen LogP) is 3.13. The number of thiophene rings is 1. The van der Waals surface area contributed by atoms with Gasteiger partial charge in [-0.05, 0) is 49.2 Å². The maximum atomic E-state index is 5.71. The number of likely N-dealkylation sites (N-methyl/N-ethyl adjacent to an activating group) is 1. The summed E-state index contributed by atoms with van der Waals surface area (Å²) in [5, 5.41) is 5.76. The number of nitrogens with one attached hydrogen (secondary N) is 1. The van der Waals surface area contributed by atoms with Gasteiger partial charge in [-0.3, -0.25) is 0 Å². The second-order valence-corrected chi connectivity index (χ2v) is 5.63. The Bertz CT molecular complexity index is 332. The first-order valence-electron chi connectivity index (χ1n) is 6.08. The van der Waals surface area contributed by atoms with Crippen molar-refractivity contribution in [2.24, 2.45) is 5.92 Å². The fraction of sp³-hybridized carbons (Fsp3) is 0.692. The lowest BCUT2D eigenvalue weighted by Crippen LogP contribution is -2.34. The number of hydrogen-bond donors (Lipinski definition) is 1. The zero-order chi connectivity index (χ0) is 11.5. The molecule has 1 saturated carbocycles. The Morgan fingerprint density at radius 2 is 2.31 bits per heavy atom. The summed E-state index contributed by atoms with van der Waals surface area (Å²) < 4.78 is 5.71. The van der Waals surface area contributed by atoms with Crippen molar-refractivity contribution in [3.05, 3.63) is 21.9 Å². The van der Waals surface area contributed by atoms with Crippen LogP contribution in [0.15, 0.2) is 11.4 Å². The highest BCUT2D eigenvalue weighted by atomic mass is 32.1. The molecule has 0 amide bonds. The van der Waals surface area contributed by atoms with Gasteiger partial charge in [0.2, 0.25) is 0 Å². The molecule has 0 aliphatic heterocycles. The van der Waals surface area contributed by atoms with Crippen LogP contribution in [0.25, 0.3) is 0 Å². The summed E-state index contributed by atoms with van der Waals surface area (Å²) in [5.41, 5.74) is 1.42. The first-order valence-corrected chi connectivity index (χ1v) is 6.96. The van der Waals surface area contributed by atoms with Gasteiger partial charge in [0.1, 0.15) is 0 Å². The van der Waals surface area contributed by atoms with Gasteiger partial charge in [0, 0.05) is 12.0 Å². The van der Waals surface area contributed by atoms with Crippen LogP contribution in [0.2, 0.25) is 0 Å². The molecule has 1 aliphatic rings. The zero-order valence-electron chi connectivity index (χ0n) is 10.3. The number of hydrogen-bond acceptors (Lipinski definition) is 3. The van der Waals surface area contributed by atoms with Gasteiger partial charge in [-0.2, -0.15) is 0 Å². The first-order chi connectivity index (χ1) is 7.77. The Morgan fingerprint density at radius 1 is 1.56 bits per heavy atom. The topological polar surface area (TPSA) is 21.3 Å². The molecular formula is C13H21NOS. The summed E-state index contributed by atoms with van der Waals surface area (Å²) in [6.45, 7) is 5.35. The molecule has 2 unspecified atom stereocenters. The smallest absolute Gasteiger partial charge is 0.0794 e. The van der Waals surface area contributed by atoms with Crippen LogP contribution in [-0.2, 0) is 4.74 Å². The normalized spacial score (nSPS) is 19.7. The molecule has 1 aliphatic carbocycles. The third kappa shape index (κ3) is 2.47. The van der Waals surface area contributed by atoms with Gasteiger partial charge in [-0.25, -0.2) is 0 Å².